The maximum atomic E-state index is 13.3. The van der Waals surface area contributed by atoms with E-state index in [0.717, 1.165) is 18.2 Å². The molecule has 2 aromatic carbocycles. The Morgan fingerprint density at radius 2 is 1.56 bits per heavy atom. The lowest BCUT2D eigenvalue weighted by Crippen LogP contribution is -2.48. The number of hydrogen-bond donors (Lipinski definition) is 1. The van der Waals surface area contributed by atoms with Crippen molar-refractivity contribution in [3.63, 3.8) is 0 Å². The quantitative estimate of drug-likeness (QED) is 0.240. The lowest BCUT2D eigenvalue weighted by Gasteiger charge is -2.37. The molecule has 2 aliphatic heterocycles. The Balaban J connectivity index is 1.22. The molecule has 2 fully saturated rings. The third kappa shape index (κ3) is 7.73. The summed E-state index contributed by atoms with van der Waals surface area (Å²) in [5, 5.41) is 13.6. The summed E-state index contributed by atoms with van der Waals surface area (Å²) in [7, 11) is 0. The molecule has 0 atom stereocenters. The molecule has 0 unspecified atom stereocenters. The molecule has 0 bridgehead atoms. The number of halogens is 7. The number of carbonyl (C=O) groups excluding carboxylic acids is 1. The number of alkyl halides is 6. The van der Waals surface area contributed by atoms with E-state index in [-0.39, 0.29) is 29.1 Å². The molecule has 41 heavy (non-hydrogen) atoms. The second kappa shape index (κ2) is 12.3. The number of piperidine rings is 1. The number of benzene rings is 2. The number of nitro benzene ring substituents is 1. The number of piperazine rings is 1. The van der Waals surface area contributed by atoms with Gasteiger partial charge in [0.25, 0.3) is 5.69 Å². The number of hydrogen-bond acceptors (Lipinski definition) is 6. The molecule has 0 spiro atoms. The zero-order valence-electron chi connectivity index (χ0n) is 21.8. The van der Waals surface area contributed by atoms with Crippen LogP contribution in [0, 0.1) is 10.1 Å². The average Bonchev–Trinajstić information content (AvgIpc) is 2.91. The van der Waals surface area contributed by atoms with Crippen LogP contribution in [0.25, 0.3) is 0 Å². The van der Waals surface area contributed by atoms with Gasteiger partial charge in [-0.1, -0.05) is 11.6 Å². The van der Waals surface area contributed by atoms with E-state index in [1.165, 1.54) is 12.1 Å². The smallest absolute Gasteiger partial charge is 0.382 e. The summed E-state index contributed by atoms with van der Waals surface area (Å²) in [6, 6.07) is 6.47. The van der Waals surface area contributed by atoms with E-state index in [4.69, 9.17) is 11.6 Å². The van der Waals surface area contributed by atoms with Crippen molar-refractivity contribution in [2.75, 3.05) is 56.0 Å². The van der Waals surface area contributed by atoms with E-state index >= 15 is 0 Å². The summed E-state index contributed by atoms with van der Waals surface area (Å²) < 4.78 is 79.3. The predicted molar refractivity (Wildman–Crippen MR) is 141 cm³/mol. The number of amides is 1. The zero-order valence-corrected chi connectivity index (χ0v) is 22.5. The Labute approximate surface area is 237 Å². The summed E-state index contributed by atoms with van der Waals surface area (Å²) in [6.07, 6.45) is -8.13. The van der Waals surface area contributed by atoms with Gasteiger partial charge in [0.1, 0.15) is 5.56 Å². The minimum Gasteiger partial charge on any atom is -0.382 e. The molecule has 2 heterocycles. The van der Waals surface area contributed by atoms with Crippen LogP contribution in [0.5, 0.6) is 0 Å². The predicted octanol–water partition coefficient (Wildman–Crippen LogP) is 5.90. The van der Waals surface area contributed by atoms with Crippen molar-refractivity contribution < 1.29 is 36.1 Å². The minimum atomic E-state index is -4.87. The summed E-state index contributed by atoms with van der Waals surface area (Å²) in [5.74, 6) is -0.0481. The molecule has 15 heteroatoms. The third-order valence-corrected chi connectivity index (χ3v) is 7.68. The molecule has 2 saturated heterocycles. The zero-order chi connectivity index (χ0) is 29.9. The summed E-state index contributed by atoms with van der Waals surface area (Å²) in [6.45, 7) is 3.51. The summed E-state index contributed by atoms with van der Waals surface area (Å²) >= 11 is 5.71. The Kier molecular flexibility index (Phi) is 9.22. The maximum Gasteiger partial charge on any atom is 0.423 e. The Morgan fingerprint density at radius 1 is 0.927 bits per heavy atom. The molecule has 1 amide bonds. The number of nitro groups is 1. The fourth-order valence-electron chi connectivity index (χ4n) is 5.09. The van der Waals surface area contributed by atoms with Gasteiger partial charge in [-0.25, -0.2) is 0 Å². The highest BCUT2D eigenvalue weighted by Crippen LogP contribution is 2.38. The molecule has 8 nitrogen and oxygen atoms in total. The molecule has 0 aliphatic carbocycles. The Hall–Kier alpha value is -3.26. The topological polar surface area (TPSA) is 82.0 Å². The first-order valence-electron chi connectivity index (χ1n) is 13.0. The summed E-state index contributed by atoms with van der Waals surface area (Å²) in [4.78, 5) is 28.3. The number of anilines is 2. The maximum absolute atomic E-state index is 13.3. The standard InChI is InChI=1S/C26H28ClF6N5O3/c27-22-3-2-19(16-20(22)25(28,29)30)36-13-11-35(12-14-36)8-7-24(39)37-9-5-17(6-10-37)34-18-1-4-23(38(40)41)21(15-18)26(31,32)33/h1-4,15-17,34H,5-14H2. The molecule has 2 aliphatic rings. The monoisotopic (exact) mass is 607 g/mol. The van der Waals surface area contributed by atoms with Gasteiger partial charge in [0.2, 0.25) is 5.91 Å². The molecule has 224 valence electrons. The van der Waals surface area contributed by atoms with Crippen molar-refractivity contribution in [3.05, 3.63) is 62.7 Å². The van der Waals surface area contributed by atoms with Crippen LogP contribution < -0.4 is 10.2 Å². The number of nitrogens with one attached hydrogen (secondary N) is 1. The Morgan fingerprint density at radius 3 is 2.15 bits per heavy atom. The van der Waals surface area contributed by atoms with Crippen LogP contribution in [-0.2, 0) is 17.1 Å². The highest BCUT2D eigenvalue weighted by Gasteiger charge is 2.39. The van der Waals surface area contributed by atoms with Crippen molar-refractivity contribution in [2.45, 2.75) is 37.7 Å². The highest BCUT2D eigenvalue weighted by molar-refractivity contribution is 6.31. The van der Waals surface area contributed by atoms with E-state index in [2.05, 4.69) is 10.2 Å². The van der Waals surface area contributed by atoms with Gasteiger partial charge in [0.05, 0.1) is 15.5 Å². The van der Waals surface area contributed by atoms with Gasteiger partial charge >= 0.3 is 12.4 Å². The first-order valence-corrected chi connectivity index (χ1v) is 13.3. The van der Waals surface area contributed by atoms with E-state index in [0.29, 0.717) is 64.3 Å². The van der Waals surface area contributed by atoms with Crippen molar-refractivity contribution in [2.24, 2.45) is 0 Å². The number of rotatable bonds is 7. The number of nitrogens with zero attached hydrogens (tertiary/aromatic N) is 4. The second-order valence-corrected chi connectivity index (χ2v) is 10.4. The van der Waals surface area contributed by atoms with Gasteiger partial charge in [0, 0.05) is 75.7 Å². The molecule has 0 aromatic heterocycles. The van der Waals surface area contributed by atoms with Crippen molar-refractivity contribution >= 4 is 34.6 Å². The van der Waals surface area contributed by atoms with Crippen LogP contribution in [0.3, 0.4) is 0 Å². The van der Waals surface area contributed by atoms with E-state index in [9.17, 15) is 41.3 Å². The molecule has 4 rings (SSSR count). The van der Waals surface area contributed by atoms with Crippen LogP contribution in [0.2, 0.25) is 5.02 Å². The van der Waals surface area contributed by atoms with Gasteiger partial charge in [-0.3, -0.25) is 19.8 Å². The molecular formula is C26H28ClF6N5O3. The van der Waals surface area contributed by atoms with Crippen molar-refractivity contribution in [1.29, 1.82) is 0 Å². The van der Waals surface area contributed by atoms with Gasteiger partial charge < -0.3 is 15.1 Å². The van der Waals surface area contributed by atoms with Crippen LogP contribution >= 0.6 is 11.6 Å². The first kappa shape index (κ1) is 30.7. The van der Waals surface area contributed by atoms with Crippen LogP contribution in [0.15, 0.2) is 36.4 Å². The van der Waals surface area contributed by atoms with E-state index in [1.54, 1.807) is 11.0 Å². The van der Waals surface area contributed by atoms with E-state index < -0.39 is 34.1 Å². The second-order valence-electron chi connectivity index (χ2n) is 10.0. The minimum absolute atomic E-state index is 0.0481. The SMILES string of the molecule is O=C(CCN1CCN(c2ccc(Cl)c(C(F)(F)F)c2)CC1)N1CCC(Nc2ccc([N+](=O)[O-])c(C(F)(F)F)c2)CC1. The molecule has 2 aromatic rings. The molecule has 0 radical (unpaired) electrons. The number of likely N-dealkylation sites (tertiary alicyclic amines) is 1. The number of carbonyl (C=O) groups is 1. The van der Waals surface area contributed by atoms with Gasteiger partial charge in [-0.05, 0) is 43.2 Å². The van der Waals surface area contributed by atoms with Crippen molar-refractivity contribution in [1.82, 2.24) is 9.80 Å². The van der Waals surface area contributed by atoms with Gasteiger partial charge in [-0.2, -0.15) is 26.3 Å². The lowest BCUT2D eigenvalue weighted by atomic mass is 10.0. The normalized spacial score (nSPS) is 17.5. The third-order valence-electron chi connectivity index (χ3n) is 7.35. The van der Waals surface area contributed by atoms with Crippen molar-refractivity contribution in [3.8, 4) is 0 Å². The largest absolute Gasteiger partial charge is 0.423 e. The summed E-state index contributed by atoms with van der Waals surface area (Å²) in [5.41, 5.74) is -2.63. The van der Waals surface area contributed by atoms with Crippen LogP contribution in [-0.4, -0.2) is 72.5 Å². The fourth-order valence-corrected chi connectivity index (χ4v) is 5.31. The fraction of sp³-hybridized carbons (Fsp3) is 0.500. The van der Waals surface area contributed by atoms with E-state index in [1.807, 2.05) is 4.90 Å². The van der Waals surface area contributed by atoms with Crippen LogP contribution in [0.4, 0.5) is 43.4 Å². The van der Waals surface area contributed by atoms with Gasteiger partial charge in [0.15, 0.2) is 0 Å². The molecule has 1 N–H and O–H groups in total. The van der Waals surface area contributed by atoms with Crippen LogP contribution in [0.1, 0.15) is 30.4 Å². The molecular weight excluding hydrogens is 580 g/mol. The molecule has 0 saturated carbocycles. The average molecular weight is 608 g/mol. The highest BCUT2D eigenvalue weighted by atomic mass is 35.5. The van der Waals surface area contributed by atoms with Gasteiger partial charge in [-0.15, -0.1) is 0 Å². The first-order chi connectivity index (χ1) is 19.2. The Bertz CT molecular complexity index is 1260. The lowest BCUT2D eigenvalue weighted by molar-refractivity contribution is -0.388.